The number of carbonyl (C=O) groups is 2. The number of anilines is 1. The van der Waals surface area contributed by atoms with Gasteiger partial charge in [-0.25, -0.2) is 0 Å². The third-order valence-electron chi connectivity index (χ3n) is 6.05. The third kappa shape index (κ3) is 5.20. The van der Waals surface area contributed by atoms with Gasteiger partial charge in [0.05, 0.1) is 11.0 Å². The van der Waals surface area contributed by atoms with E-state index in [1.165, 1.54) is 17.3 Å². The number of fused-ring (bicyclic) bond motifs is 1. The zero-order valence-electron chi connectivity index (χ0n) is 18.4. The van der Waals surface area contributed by atoms with E-state index in [9.17, 15) is 9.59 Å². The quantitative estimate of drug-likeness (QED) is 0.623. The highest BCUT2D eigenvalue weighted by Gasteiger charge is 2.36. The van der Waals surface area contributed by atoms with E-state index in [0.717, 1.165) is 37.2 Å². The van der Waals surface area contributed by atoms with Crippen LogP contribution in [-0.4, -0.2) is 47.7 Å². The topological polar surface area (TPSA) is 103 Å². The van der Waals surface area contributed by atoms with Crippen molar-refractivity contribution in [2.75, 3.05) is 30.8 Å². The Morgan fingerprint density at radius 1 is 1.16 bits per heavy atom. The molecule has 2 heterocycles. The second kappa shape index (κ2) is 9.85. The molecule has 1 aromatic heterocycles. The minimum atomic E-state index is -0.393. The van der Waals surface area contributed by atoms with E-state index in [4.69, 9.17) is 14.0 Å². The Labute approximate surface area is 191 Å². The van der Waals surface area contributed by atoms with Gasteiger partial charge in [0.1, 0.15) is 19.0 Å². The van der Waals surface area contributed by atoms with Crippen LogP contribution in [0.3, 0.4) is 0 Å². The van der Waals surface area contributed by atoms with Gasteiger partial charge in [-0.15, -0.1) is 11.8 Å². The van der Waals surface area contributed by atoms with E-state index < -0.39 is 5.25 Å². The van der Waals surface area contributed by atoms with Crippen LogP contribution in [-0.2, 0) is 15.0 Å². The summed E-state index contributed by atoms with van der Waals surface area (Å²) in [5.74, 6) is 2.50. The largest absolute Gasteiger partial charge is 0.486 e. The van der Waals surface area contributed by atoms with Gasteiger partial charge in [-0.2, -0.15) is 0 Å². The monoisotopic (exact) mass is 459 g/mol. The molecule has 2 aromatic rings. The Balaban J connectivity index is 1.30. The van der Waals surface area contributed by atoms with Crippen molar-refractivity contribution in [1.82, 2.24) is 10.5 Å². The van der Waals surface area contributed by atoms with E-state index in [0.29, 0.717) is 31.3 Å². The zero-order valence-corrected chi connectivity index (χ0v) is 19.3. The fourth-order valence-corrected chi connectivity index (χ4v) is 4.95. The minimum Gasteiger partial charge on any atom is -0.486 e. The lowest BCUT2D eigenvalue weighted by Crippen LogP contribution is -2.40. The number of hydrogen-bond donors (Lipinski definition) is 2. The number of ether oxygens (including phenoxy) is 2. The minimum absolute atomic E-state index is 0.0734. The van der Waals surface area contributed by atoms with Crippen LogP contribution >= 0.6 is 11.8 Å². The number of nitrogens with one attached hydrogen (secondary N) is 2. The summed E-state index contributed by atoms with van der Waals surface area (Å²) >= 11 is 1.30. The molecule has 1 unspecified atom stereocenters. The molecular weight excluding hydrogens is 430 g/mol. The number of nitrogens with zero attached hydrogens (tertiary/aromatic N) is 1. The number of benzene rings is 1. The summed E-state index contributed by atoms with van der Waals surface area (Å²) in [4.78, 5) is 24.8. The lowest BCUT2D eigenvalue weighted by molar-refractivity contribution is -0.118. The second-order valence-electron chi connectivity index (χ2n) is 8.39. The smallest absolute Gasteiger partial charge is 0.238 e. The molecule has 0 bridgehead atoms. The Morgan fingerprint density at radius 3 is 2.62 bits per heavy atom. The van der Waals surface area contributed by atoms with Gasteiger partial charge in [0, 0.05) is 18.0 Å². The summed E-state index contributed by atoms with van der Waals surface area (Å²) in [7, 11) is 0. The molecule has 1 saturated carbocycles. The molecule has 1 fully saturated rings. The van der Waals surface area contributed by atoms with Crippen LogP contribution in [0.4, 0.5) is 5.82 Å². The van der Waals surface area contributed by atoms with Gasteiger partial charge >= 0.3 is 0 Å². The molecule has 9 heteroatoms. The van der Waals surface area contributed by atoms with Crippen molar-refractivity contribution >= 4 is 29.4 Å². The first-order valence-corrected chi connectivity index (χ1v) is 12.0. The molecule has 8 nitrogen and oxygen atoms in total. The van der Waals surface area contributed by atoms with Crippen LogP contribution in [0.15, 0.2) is 28.8 Å². The molecule has 0 radical (unpaired) electrons. The molecule has 1 aromatic carbocycles. The van der Waals surface area contributed by atoms with E-state index >= 15 is 0 Å². The third-order valence-corrected chi connectivity index (χ3v) is 7.19. The second-order valence-corrected chi connectivity index (χ2v) is 9.72. The van der Waals surface area contributed by atoms with E-state index in [2.05, 4.69) is 27.9 Å². The standard InChI is InChI=1S/C23H29N3O5S/c1-15-11-20(26-31-15)25-22(28)16(2)32-13-21(27)24-14-23(7-3-4-8-23)17-5-6-18-19(12-17)30-10-9-29-18/h5-6,11-12,16H,3-4,7-10,13-14H2,1-2H3,(H,24,27)(H,25,26,28). The molecule has 2 N–H and O–H groups in total. The number of hydrogen-bond acceptors (Lipinski definition) is 7. The number of rotatable bonds is 8. The van der Waals surface area contributed by atoms with Crippen LogP contribution in [0.1, 0.15) is 43.9 Å². The van der Waals surface area contributed by atoms with Crippen LogP contribution < -0.4 is 20.1 Å². The molecule has 2 aliphatic rings. The number of amides is 2. The summed E-state index contributed by atoms with van der Waals surface area (Å²) in [5.41, 5.74) is 1.09. The molecular formula is C23H29N3O5S. The molecule has 2 amide bonds. The summed E-state index contributed by atoms with van der Waals surface area (Å²) in [6, 6.07) is 7.79. The zero-order chi connectivity index (χ0) is 22.6. The normalized spacial score (nSPS) is 17.6. The van der Waals surface area contributed by atoms with Gasteiger partial charge in [-0.05, 0) is 44.4 Å². The van der Waals surface area contributed by atoms with Crippen molar-refractivity contribution in [2.45, 2.75) is 50.2 Å². The molecule has 0 saturated heterocycles. The van der Waals surface area contributed by atoms with Gasteiger partial charge in [0.25, 0.3) is 0 Å². The number of thioether (sulfide) groups is 1. The van der Waals surface area contributed by atoms with Crippen molar-refractivity contribution in [1.29, 1.82) is 0 Å². The van der Waals surface area contributed by atoms with Crippen LogP contribution in [0.2, 0.25) is 0 Å². The highest BCUT2D eigenvalue weighted by molar-refractivity contribution is 8.01. The molecule has 32 heavy (non-hydrogen) atoms. The summed E-state index contributed by atoms with van der Waals surface area (Å²) < 4.78 is 16.4. The van der Waals surface area contributed by atoms with Gasteiger partial charge in [0.15, 0.2) is 17.3 Å². The van der Waals surface area contributed by atoms with Crippen molar-refractivity contribution in [3.05, 3.63) is 35.6 Å². The Morgan fingerprint density at radius 2 is 1.91 bits per heavy atom. The van der Waals surface area contributed by atoms with E-state index in [-0.39, 0.29) is 23.0 Å². The fourth-order valence-electron chi connectivity index (χ4n) is 4.24. The molecule has 0 spiro atoms. The van der Waals surface area contributed by atoms with E-state index in [1.54, 1.807) is 19.9 Å². The Kier molecular flexibility index (Phi) is 6.93. The maximum Gasteiger partial charge on any atom is 0.238 e. The SMILES string of the molecule is Cc1cc(NC(=O)C(C)SCC(=O)NCC2(c3ccc4c(c3)OCCO4)CCCC2)no1. The summed E-state index contributed by atoms with van der Waals surface area (Å²) in [5, 5.41) is 9.16. The predicted molar refractivity (Wildman–Crippen MR) is 122 cm³/mol. The van der Waals surface area contributed by atoms with Crippen molar-refractivity contribution < 1.29 is 23.6 Å². The first-order valence-electron chi connectivity index (χ1n) is 11.0. The first kappa shape index (κ1) is 22.5. The highest BCUT2D eigenvalue weighted by atomic mass is 32.2. The van der Waals surface area contributed by atoms with Gasteiger partial charge in [-0.1, -0.05) is 24.1 Å². The lowest BCUT2D eigenvalue weighted by atomic mass is 9.78. The maximum atomic E-state index is 12.6. The molecule has 4 rings (SSSR count). The maximum absolute atomic E-state index is 12.6. The number of carbonyl (C=O) groups excluding carboxylic acids is 2. The first-order chi connectivity index (χ1) is 15.4. The van der Waals surface area contributed by atoms with Crippen molar-refractivity contribution in [2.24, 2.45) is 0 Å². The summed E-state index contributed by atoms with van der Waals surface area (Å²) in [6.07, 6.45) is 4.32. The summed E-state index contributed by atoms with van der Waals surface area (Å²) in [6.45, 7) is 5.23. The number of aryl methyl sites for hydroxylation is 1. The highest BCUT2D eigenvalue weighted by Crippen LogP contribution is 2.43. The van der Waals surface area contributed by atoms with Gasteiger partial charge in [0.2, 0.25) is 11.8 Å². The predicted octanol–water partition coefficient (Wildman–Crippen LogP) is 3.44. The van der Waals surface area contributed by atoms with Crippen LogP contribution in [0.25, 0.3) is 0 Å². The van der Waals surface area contributed by atoms with Crippen molar-refractivity contribution in [3.8, 4) is 11.5 Å². The molecule has 1 atom stereocenters. The molecule has 1 aliphatic heterocycles. The Hall–Kier alpha value is -2.68. The Bertz CT molecular complexity index is 970. The lowest BCUT2D eigenvalue weighted by Gasteiger charge is -2.31. The average Bonchev–Trinajstić information content (AvgIpc) is 3.45. The van der Waals surface area contributed by atoms with Crippen LogP contribution in [0.5, 0.6) is 11.5 Å². The average molecular weight is 460 g/mol. The fraction of sp³-hybridized carbons (Fsp3) is 0.522. The van der Waals surface area contributed by atoms with Gasteiger partial charge in [-0.3, -0.25) is 9.59 Å². The van der Waals surface area contributed by atoms with Crippen molar-refractivity contribution in [3.63, 3.8) is 0 Å². The van der Waals surface area contributed by atoms with E-state index in [1.807, 2.05) is 6.07 Å². The van der Waals surface area contributed by atoms with Gasteiger partial charge < -0.3 is 24.6 Å². The molecule has 1 aliphatic carbocycles. The number of aromatic nitrogens is 1. The van der Waals surface area contributed by atoms with Crippen LogP contribution in [0, 0.1) is 6.92 Å². The molecule has 172 valence electrons.